The number of methoxy groups -OCH3 is 3. The Bertz CT molecular complexity index is 1010. The van der Waals surface area contributed by atoms with E-state index in [2.05, 4.69) is 5.32 Å². The Morgan fingerprint density at radius 1 is 1.03 bits per heavy atom. The standard InChI is InChI=1S/C21H28N2O6S/c1-14-7-9-20(29-5)18(11-14)23(30(6,25)26)13-21(24)22-15(2)17-12-16(27-3)8-10-19(17)28-4/h7-12,15H,13H2,1-6H3,(H,22,24)/t15-/m1/s1. The molecule has 0 spiro atoms. The molecule has 2 rings (SSSR count). The van der Waals surface area contributed by atoms with Crippen LogP contribution in [0.3, 0.4) is 0 Å². The zero-order chi connectivity index (χ0) is 22.5. The summed E-state index contributed by atoms with van der Waals surface area (Å²) in [6.45, 7) is 3.23. The molecule has 2 aromatic carbocycles. The van der Waals surface area contributed by atoms with Crippen LogP contribution < -0.4 is 23.8 Å². The molecule has 0 aliphatic carbocycles. The minimum Gasteiger partial charge on any atom is -0.497 e. The van der Waals surface area contributed by atoms with E-state index in [0.717, 1.165) is 16.1 Å². The molecule has 0 fully saturated rings. The van der Waals surface area contributed by atoms with Gasteiger partial charge in [0.2, 0.25) is 15.9 Å². The van der Waals surface area contributed by atoms with Gasteiger partial charge in [-0.1, -0.05) is 6.07 Å². The molecule has 1 N–H and O–H groups in total. The third-order valence-electron chi connectivity index (χ3n) is 4.57. The highest BCUT2D eigenvalue weighted by Gasteiger charge is 2.25. The van der Waals surface area contributed by atoms with Crippen LogP contribution in [0.1, 0.15) is 24.1 Å². The van der Waals surface area contributed by atoms with Gasteiger partial charge in [0.1, 0.15) is 23.8 Å². The summed E-state index contributed by atoms with van der Waals surface area (Å²) in [4.78, 5) is 12.8. The Hall–Kier alpha value is -2.94. The summed E-state index contributed by atoms with van der Waals surface area (Å²) in [6.07, 6.45) is 1.05. The third kappa shape index (κ3) is 5.56. The van der Waals surface area contributed by atoms with Gasteiger partial charge in [0.25, 0.3) is 0 Å². The van der Waals surface area contributed by atoms with E-state index in [-0.39, 0.29) is 0 Å². The molecule has 0 aromatic heterocycles. The summed E-state index contributed by atoms with van der Waals surface area (Å²) < 4.78 is 41.8. The average molecular weight is 437 g/mol. The third-order valence-corrected chi connectivity index (χ3v) is 5.70. The van der Waals surface area contributed by atoms with E-state index in [1.807, 2.05) is 6.92 Å². The number of nitrogens with one attached hydrogen (secondary N) is 1. The van der Waals surface area contributed by atoms with Gasteiger partial charge in [0.15, 0.2) is 0 Å². The summed E-state index contributed by atoms with van der Waals surface area (Å²) in [7, 11) is 0.798. The number of sulfonamides is 1. The molecule has 0 saturated heterocycles. The molecule has 8 nitrogen and oxygen atoms in total. The van der Waals surface area contributed by atoms with E-state index in [0.29, 0.717) is 28.5 Å². The SMILES string of the molecule is COc1ccc(OC)c([C@@H](C)NC(=O)CN(c2cc(C)ccc2OC)S(C)(=O)=O)c1. The van der Waals surface area contributed by atoms with Crippen LogP contribution in [0.25, 0.3) is 0 Å². The molecule has 2 aromatic rings. The van der Waals surface area contributed by atoms with E-state index in [9.17, 15) is 13.2 Å². The molecule has 0 aliphatic heterocycles. The molecule has 9 heteroatoms. The largest absolute Gasteiger partial charge is 0.497 e. The fourth-order valence-corrected chi connectivity index (χ4v) is 3.90. The Balaban J connectivity index is 2.29. The van der Waals surface area contributed by atoms with Crippen molar-refractivity contribution in [3.63, 3.8) is 0 Å². The predicted molar refractivity (Wildman–Crippen MR) is 116 cm³/mol. The van der Waals surface area contributed by atoms with Crippen molar-refractivity contribution >= 4 is 21.6 Å². The maximum Gasteiger partial charge on any atom is 0.241 e. The maximum absolute atomic E-state index is 12.8. The van der Waals surface area contributed by atoms with Gasteiger partial charge < -0.3 is 19.5 Å². The topological polar surface area (TPSA) is 94.2 Å². The summed E-state index contributed by atoms with van der Waals surface area (Å²) in [5.74, 6) is 1.10. The first-order chi connectivity index (χ1) is 14.1. The molecule has 1 atom stereocenters. The first-order valence-corrected chi connectivity index (χ1v) is 11.1. The maximum atomic E-state index is 12.8. The van der Waals surface area contributed by atoms with Crippen LogP contribution in [0.5, 0.6) is 17.2 Å². The lowest BCUT2D eigenvalue weighted by atomic mass is 10.1. The Morgan fingerprint density at radius 2 is 1.67 bits per heavy atom. The van der Waals surface area contributed by atoms with Crippen molar-refractivity contribution in [3.05, 3.63) is 47.5 Å². The average Bonchev–Trinajstić information content (AvgIpc) is 2.70. The number of aryl methyl sites for hydroxylation is 1. The number of hydrogen-bond donors (Lipinski definition) is 1. The van der Waals surface area contributed by atoms with Crippen LogP contribution in [0, 0.1) is 6.92 Å². The van der Waals surface area contributed by atoms with E-state index in [1.165, 1.54) is 14.2 Å². The van der Waals surface area contributed by atoms with Crippen LogP contribution in [-0.4, -0.2) is 48.5 Å². The van der Waals surface area contributed by atoms with Crippen LogP contribution in [0.4, 0.5) is 5.69 Å². The van der Waals surface area contributed by atoms with Crippen molar-refractivity contribution in [1.29, 1.82) is 0 Å². The zero-order valence-corrected chi connectivity index (χ0v) is 18.9. The molecule has 30 heavy (non-hydrogen) atoms. The van der Waals surface area contributed by atoms with E-state index in [4.69, 9.17) is 14.2 Å². The van der Waals surface area contributed by atoms with Crippen LogP contribution in [-0.2, 0) is 14.8 Å². The predicted octanol–water partition coefficient (Wildman–Crippen LogP) is 2.66. The van der Waals surface area contributed by atoms with Gasteiger partial charge in [-0.3, -0.25) is 9.10 Å². The molecule has 1 amide bonds. The Labute approximate surface area is 177 Å². The van der Waals surface area contributed by atoms with Gasteiger partial charge in [-0.05, 0) is 49.7 Å². The zero-order valence-electron chi connectivity index (χ0n) is 18.1. The fourth-order valence-electron chi connectivity index (χ4n) is 3.05. The molecule has 0 heterocycles. The first kappa shape index (κ1) is 23.3. The second-order valence-electron chi connectivity index (χ2n) is 6.84. The highest BCUT2D eigenvalue weighted by molar-refractivity contribution is 7.92. The van der Waals surface area contributed by atoms with Crippen molar-refractivity contribution in [1.82, 2.24) is 5.32 Å². The van der Waals surface area contributed by atoms with Crippen LogP contribution in [0.15, 0.2) is 36.4 Å². The molecule has 164 valence electrons. The summed E-state index contributed by atoms with van der Waals surface area (Å²) in [6, 6.07) is 9.97. The van der Waals surface area contributed by atoms with E-state index in [1.54, 1.807) is 50.4 Å². The summed E-state index contributed by atoms with van der Waals surface area (Å²) in [5.41, 5.74) is 1.86. The van der Waals surface area contributed by atoms with Gasteiger partial charge in [-0.15, -0.1) is 0 Å². The lowest BCUT2D eigenvalue weighted by Gasteiger charge is -2.25. The van der Waals surface area contributed by atoms with Gasteiger partial charge in [-0.2, -0.15) is 0 Å². The normalized spacial score (nSPS) is 12.1. The van der Waals surface area contributed by atoms with Crippen molar-refractivity contribution in [2.24, 2.45) is 0 Å². The second-order valence-corrected chi connectivity index (χ2v) is 8.75. The first-order valence-electron chi connectivity index (χ1n) is 9.24. The van der Waals surface area contributed by atoms with Gasteiger partial charge >= 0.3 is 0 Å². The molecule has 0 bridgehead atoms. The fraction of sp³-hybridized carbons (Fsp3) is 0.381. The number of ether oxygens (including phenoxy) is 3. The highest BCUT2D eigenvalue weighted by atomic mass is 32.2. The van der Waals surface area contributed by atoms with E-state index >= 15 is 0 Å². The smallest absolute Gasteiger partial charge is 0.241 e. The number of carbonyl (C=O) groups excluding carboxylic acids is 1. The quantitative estimate of drug-likeness (QED) is 0.650. The minimum atomic E-state index is -3.74. The molecule has 0 aliphatic rings. The number of nitrogens with zero attached hydrogens (tertiary/aromatic N) is 1. The number of anilines is 1. The minimum absolute atomic E-state index is 0.307. The Kier molecular flexibility index (Phi) is 7.55. The summed E-state index contributed by atoms with van der Waals surface area (Å²) >= 11 is 0. The van der Waals surface area contributed by atoms with Crippen molar-refractivity contribution in [3.8, 4) is 17.2 Å². The number of benzene rings is 2. The van der Waals surface area contributed by atoms with Gasteiger partial charge in [0, 0.05) is 5.56 Å². The van der Waals surface area contributed by atoms with Gasteiger partial charge in [-0.25, -0.2) is 8.42 Å². The molecule has 0 unspecified atom stereocenters. The lowest BCUT2D eigenvalue weighted by Crippen LogP contribution is -2.41. The van der Waals surface area contributed by atoms with Gasteiger partial charge in [0.05, 0.1) is 39.3 Å². The number of rotatable bonds is 9. The van der Waals surface area contributed by atoms with Crippen LogP contribution >= 0.6 is 0 Å². The number of carbonyl (C=O) groups is 1. The molecule has 0 radical (unpaired) electrons. The molecule has 0 saturated carbocycles. The van der Waals surface area contributed by atoms with E-state index < -0.39 is 28.5 Å². The highest BCUT2D eigenvalue weighted by Crippen LogP contribution is 2.32. The monoisotopic (exact) mass is 436 g/mol. The van der Waals surface area contributed by atoms with Crippen molar-refractivity contribution < 1.29 is 27.4 Å². The number of amides is 1. The molecular weight excluding hydrogens is 408 g/mol. The molecular formula is C21H28N2O6S. The second kappa shape index (κ2) is 9.71. The Morgan fingerprint density at radius 3 is 2.23 bits per heavy atom. The van der Waals surface area contributed by atoms with Crippen molar-refractivity contribution in [2.75, 3.05) is 38.4 Å². The van der Waals surface area contributed by atoms with Crippen LogP contribution in [0.2, 0.25) is 0 Å². The summed E-state index contributed by atoms with van der Waals surface area (Å²) in [5, 5.41) is 2.83. The lowest BCUT2D eigenvalue weighted by molar-refractivity contribution is -0.120. The number of hydrogen-bond acceptors (Lipinski definition) is 6. The van der Waals surface area contributed by atoms with Crippen molar-refractivity contribution in [2.45, 2.75) is 19.9 Å².